The number of nitrogens with one attached hydrogen (secondary N) is 1. The van der Waals surface area contributed by atoms with E-state index in [1.165, 1.54) is 30.1 Å². The van der Waals surface area contributed by atoms with E-state index in [1.54, 1.807) is 0 Å². The molecule has 0 unspecified atom stereocenters. The minimum absolute atomic E-state index is 0.00980. The van der Waals surface area contributed by atoms with E-state index in [2.05, 4.69) is 20.0 Å². The summed E-state index contributed by atoms with van der Waals surface area (Å²) in [5.74, 6) is -1.50. The molecule has 1 aliphatic heterocycles. The Hall–Kier alpha value is -3.57. The molecule has 9 nitrogen and oxygen atoms in total. The average molecular weight is 424 g/mol. The van der Waals surface area contributed by atoms with E-state index in [-0.39, 0.29) is 23.0 Å². The fourth-order valence-corrected chi connectivity index (χ4v) is 2.94. The van der Waals surface area contributed by atoms with Crippen molar-refractivity contribution in [2.24, 2.45) is 0 Å². The zero-order valence-electron chi connectivity index (χ0n) is 16.3. The third-order valence-corrected chi connectivity index (χ3v) is 4.28. The van der Waals surface area contributed by atoms with Crippen LogP contribution in [0.3, 0.4) is 0 Å². The van der Waals surface area contributed by atoms with Gasteiger partial charge in [-0.3, -0.25) is 9.69 Å². The van der Waals surface area contributed by atoms with Crippen LogP contribution < -0.4 is 25.6 Å². The maximum Gasteiger partial charge on any atom is 0.573 e. The number of hydrogen-bond donors (Lipinski definition) is 2. The van der Waals surface area contributed by atoms with Crippen molar-refractivity contribution < 1.29 is 27.5 Å². The maximum absolute atomic E-state index is 12.8. The number of benzene rings is 1. The summed E-state index contributed by atoms with van der Waals surface area (Å²) in [4.78, 5) is 35.2. The number of rotatable bonds is 4. The number of urea groups is 1. The van der Waals surface area contributed by atoms with Gasteiger partial charge < -0.3 is 20.7 Å². The predicted molar refractivity (Wildman–Crippen MR) is 102 cm³/mol. The molecule has 1 aliphatic rings. The van der Waals surface area contributed by atoms with Crippen LogP contribution in [0.5, 0.6) is 5.75 Å². The number of nitrogens with two attached hydrogens (primary N) is 1. The molecule has 3 rings (SSSR count). The van der Waals surface area contributed by atoms with Crippen LogP contribution in [0, 0.1) is 0 Å². The van der Waals surface area contributed by atoms with Gasteiger partial charge >= 0.3 is 12.4 Å². The molecular formula is C18H19F3N6O3. The molecule has 1 aromatic carbocycles. The molecule has 0 bridgehead atoms. The Balaban J connectivity index is 1.87. The number of nitrogen functional groups attached to an aromatic ring is 1. The van der Waals surface area contributed by atoms with Crippen LogP contribution in [0.4, 0.5) is 35.4 Å². The van der Waals surface area contributed by atoms with Crippen molar-refractivity contribution in [3.63, 3.8) is 0 Å². The highest BCUT2D eigenvalue weighted by Crippen LogP contribution is 2.33. The number of nitrogens with zero attached hydrogens (tertiary/aromatic N) is 4. The fraction of sp³-hybridized carbons (Fsp3) is 0.333. The summed E-state index contributed by atoms with van der Waals surface area (Å²) in [7, 11) is 1.27. The van der Waals surface area contributed by atoms with Gasteiger partial charge in [0.15, 0.2) is 5.75 Å². The van der Waals surface area contributed by atoms with E-state index in [4.69, 9.17) is 5.73 Å². The Morgan fingerprint density at radius 2 is 2.00 bits per heavy atom. The van der Waals surface area contributed by atoms with Crippen molar-refractivity contribution in [2.45, 2.75) is 25.7 Å². The molecule has 12 heteroatoms. The monoisotopic (exact) mass is 424 g/mol. The second-order valence-corrected chi connectivity index (χ2v) is 7.25. The molecule has 30 heavy (non-hydrogen) atoms. The molecule has 0 aliphatic carbocycles. The van der Waals surface area contributed by atoms with E-state index < -0.39 is 29.6 Å². The van der Waals surface area contributed by atoms with E-state index in [9.17, 15) is 22.8 Å². The second-order valence-electron chi connectivity index (χ2n) is 7.25. The molecule has 3 N–H and O–H groups in total. The smallest absolute Gasteiger partial charge is 0.404 e. The van der Waals surface area contributed by atoms with Crippen molar-refractivity contribution in [1.29, 1.82) is 0 Å². The van der Waals surface area contributed by atoms with Crippen molar-refractivity contribution >= 4 is 29.4 Å². The third-order valence-electron chi connectivity index (χ3n) is 4.28. The molecule has 1 aromatic heterocycles. The summed E-state index contributed by atoms with van der Waals surface area (Å²) in [6.07, 6.45) is -3.80. The van der Waals surface area contributed by atoms with Crippen LogP contribution in [-0.2, 0) is 0 Å². The lowest BCUT2D eigenvalue weighted by Gasteiger charge is -2.22. The summed E-state index contributed by atoms with van der Waals surface area (Å²) in [5, 5.41) is 2.75. The summed E-state index contributed by atoms with van der Waals surface area (Å²) in [6, 6.07) is 4.77. The third kappa shape index (κ3) is 4.36. The number of amides is 3. The predicted octanol–water partition coefficient (Wildman–Crippen LogP) is 2.54. The Kier molecular flexibility index (Phi) is 5.18. The zero-order valence-corrected chi connectivity index (χ0v) is 16.3. The Labute approximate surface area is 169 Å². The summed E-state index contributed by atoms with van der Waals surface area (Å²) < 4.78 is 41.9. The number of halogens is 3. The Morgan fingerprint density at radius 1 is 1.33 bits per heavy atom. The molecule has 0 spiro atoms. The van der Waals surface area contributed by atoms with Crippen molar-refractivity contribution in [1.82, 2.24) is 15.3 Å². The number of hydrogen-bond acceptors (Lipinski definition) is 6. The lowest BCUT2D eigenvalue weighted by atomic mass is 10.1. The molecule has 2 heterocycles. The summed E-state index contributed by atoms with van der Waals surface area (Å²) >= 11 is 0. The normalized spacial score (nSPS) is 15.7. The molecule has 2 aromatic rings. The molecule has 0 saturated carbocycles. The van der Waals surface area contributed by atoms with E-state index in [0.29, 0.717) is 6.54 Å². The highest BCUT2D eigenvalue weighted by atomic mass is 19.4. The average Bonchev–Trinajstić information content (AvgIpc) is 2.92. The zero-order chi connectivity index (χ0) is 22.3. The molecule has 1 fully saturated rings. The number of carbonyl (C=O) groups excluding carboxylic acids is 2. The first-order chi connectivity index (χ1) is 13.9. The van der Waals surface area contributed by atoms with Crippen LogP contribution in [0.2, 0.25) is 0 Å². The van der Waals surface area contributed by atoms with Gasteiger partial charge in [0.05, 0.1) is 17.8 Å². The number of anilines is 3. The van der Waals surface area contributed by atoms with Crippen LogP contribution in [-0.4, -0.2) is 47.4 Å². The molecule has 1 saturated heterocycles. The maximum atomic E-state index is 12.8. The largest absolute Gasteiger partial charge is 0.573 e. The fourth-order valence-electron chi connectivity index (χ4n) is 2.94. The molecule has 160 valence electrons. The van der Waals surface area contributed by atoms with Gasteiger partial charge in [-0.1, -0.05) is 12.1 Å². The standard InChI is InChI=1S/C18H19F3N6O3/c1-17(2)9-27(16(29)25-17)15-23-8-10(13(22)24-15)14(28)26(3)11-6-4-5-7-12(11)30-18(19,20)21/h4-8H,9H2,1-3H3,(H,25,29)(H2,22,23,24). The van der Waals surface area contributed by atoms with Crippen molar-refractivity contribution in [3.05, 3.63) is 36.0 Å². The van der Waals surface area contributed by atoms with Gasteiger partial charge in [-0.2, -0.15) is 4.98 Å². The van der Waals surface area contributed by atoms with Gasteiger partial charge in [-0.25, -0.2) is 9.78 Å². The first-order valence-corrected chi connectivity index (χ1v) is 8.73. The highest BCUT2D eigenvalue weighted by molar-refractivity contribution is 6.09. The van der Waals surface area contributed by atoms with Crippen LogP contribution >= 0.6 is 0 Å². The summed E-state index contributed by atoms with van der Waals surface area (Å²) in [5.41, 5.74) is 5.14. The van der Waals surface area contributed by atoms with Gasteiger partial charge in [-0.15, -0.1) is 13.2 Å². The summed E-state index contributed by atoms with van der Waals surface area (Å²) in [6.45, 7) is 3.93. The molecule has 0 atom stereocenters. The van der Waals surface area contributed by atoms with E-state index in [0.717, 1.165) is 17.2 Å². The van der Waals surface area contributed by atoms with Crippen LogP contribution in [0.1, 0.15) is 24.2 Å². The minimum atomic E-state index is -4.92. The van der Waals surface area contributed by atoms with Gasteiger partial charge in [0.2, 0.25) is 5.95 Å². The first-order valence-electron chi connectivity index (χ1n) is 8.73. The Bertz CT molecular complexity index is 995. The Morgan fingerprint density at radius 3 is 2.57 bits per heavy atom. The number of aromatic nitrogens is 2. The lowest BCUT2D eigenvalue weighted by molar-refractivity contribution is -0.274. The highest BCUT2D eigenvalue weighted by Gasteiger charge is 2.37. The molecule has 3 amide bonds. The van der Waals surface area contributed by atoms with Gasteiger partial charge in [0, 0.05) is 13.2 Å². The van der Waals surface area contributed by atoms with E-state index in [1.807, 2.05) is 13.8 Å². The lowest BCUT2D eigenvalue weighted by Crippen LogP contribution is -2.36. The van der Waals surface area contributed by atoms with Crippen molar-refractivity contribution in [2.75, 3.05) is 29.1 Å². The van der Waals surface area contributed by atoms with Gasteiger partial charge in [-0.05, 0) is 26.0 Å². The van der Waals surface area contributed by atoms with Gasteiger partial charge in [0.1, 0.15) is 11.4 Å². The number of para-hydroxylation sites is 2. The van der Waals surface area contributed by atoms with Crippen LogP contribution in [0.25, 0.3) is 0 Å². The van der Waals surface area contributed by atoms with Gasteiger partial charge in [0.25, 0.3) is 5.91 Å². The number of carbonyl (C=O) groups is 2. The topological polar surface area (TPSA) is 114 Å². The SMILES string of the molecule is CN(C(=O)c1cnc(N2CC(C)(C)NC2=O)nc1N)c1ccccc1OC(F)(F)F. The quantitative estimate of drug-likeness (QED) is 0.780. The van der Waals surface area contributed by atoms with Crippen molar-refractivity contribution in [3.8, 4) is 5.75 Å². The molecule has 0 radical (unpaired) electrons. The molecular weight excluding hydrogens is 405 g/mol. The number of alkyl halides is 3. The number of ether oxygens (including phenoxy) is 1. The van der Waals surface area contributed by atoms with Crippen LogP contribution in [0.15, 0.2) is 30.5 Å². The minimum Gasteiger partial charge on any atom is -0.404 e. The second kappa shape index (κ2) is 7.35. The van der Waals surface area contributed by atoms with E-state index >= 15 is 0 Å². The first kappa shape index (κ1) is 21.1.